The van der Waals surface area contributed by atoms with Crippen LogP contribution in [-0.4, -0.2) is 28.1 Å². The average Bonchev–Trinajstić information content (AvgIpc) is 2.82. The van der Waals surface area contributed by atoms with Crippen LogP contribution in [0.5, 0.6) is 0 Å². The van der Waals surface area contributed by atoms with E-state index < -0.39 is 16.0 Å². The third kappa shape index (κ3) is 4.20. The van der Waals surface area contributed by atoms with Crippen molar-refractivity contribution in [2.45, 2.75) is 26.7 Å². The van der Waals surface area contributed by atoms with Crippen LogP contribution in [0.3, 0.4) is 0 Å². The minimum absolute atomic E-state index is 0. The van der Waals surface area contributed by atoms with E-state index in [4.69, 9.17) is 0 Å². The number of para-hydroxylation sites is 2. The number of halogens is 2. The van der Waals surface area contributed by atoms with Gasteiger partial charge in [0.15, 0.2) is 0 Å². The highest BCUT2D eigenvalue weighted by molar-refractivity contribution is 7.95. The first-order valence-electron chi connectivity index (χ1n) is 8.85. The zero-order chi connectivity index (χ0) is 18.7. The van der Waals surface area contributed by atoms with Gasteiger partial charge in [0.1, 0.15) is 5.82 Å². The summed E-state index contributed by atoms with van der Waals surface area (Å²) in [4.78, 5) is 0. The predicted octanol–water partition coefficient (Wildman–Crippen LogP) is 4.15. The number of anilines is 3. The van der Waals surface area contributed by atoms with Crippen LogP contribution in [0.1, 0.15) is 25.3 Å². The molecule has 3 rings (SSSR count). The molecule has 2 aromatic carbocycles. The molecule has 0 spiro atoms. The summed E-state index contributed by atoms with van der Waals surface area (Å²) in [5.41, 5.74) is 1.88. The zero-order valence-corrected chi connectivity index (χ0v) is 17.1. The lowest BCUT2D eigenvalue weighted by atomic mass is 10.2. The molecule has 5 nitrogen and oxygen atoms in total. The maximum atomic E-state index is 14.5. The van der Waals surface area contributed by atoms with Crippen molar-refractivity contribution in [1.82, 2.24) is 5.32 Å². The lowest BCUT2D eigenvalue weighted by molar-refractivity contribution is 0.585. The monoisotopic (exact) mass is 413 g/mol. The number of benzene rings is 2. The topological polar surface area (TPSA) is 52.6 Å². The quantitative estimate of drug-likeness (QED) is 0.694. The summed E-state index contributed by atoms with van der Waals surface area (Å²) < 4.78 is 43.4. The van der Waals surface area contributed by atoms with E-state index in [1.165, 1.54) is 16.4 Å². The summed E-state index contributed by atoms with van der Waals surface area (Å²) in [7, 11) is -3.86. The van der Waals surface area contributed by atoms with Gasteiger partial charge in [0.2, 0.25) is 0 Å². The first-order valence-corrected chi connectivity index (χ1v) is 10.3. The van der Waals surface area contributed by atoms with Gasteiger partial charge >= 0.3 is 10.2 Å². The molecule has 0 fully saturated rings. The van der Waals surface area contributed by atoms with Crippen LogP contribution in [-0.2, 0) is 10.2 Å². The van der Waals surface area contributed by atoms with Gasteiger partial charge in [0, 0.05) is 6.54 Å². The third-order valence-electron chi connectivity index (χ3n) is 4.42. The van der Waals surface area contributed by atoms with Gasteiger partial charge in [0.25, 0.3) is 0 Å². The number of nitrogens with zero attached hydrogens (tertiary/aromatic N) is 2. The molecule has 1 aliphatic rings. The highest BCUT2D eigenvalue weighted by Gasteiger charge is 2.41. The molecule has 0 radical (unpaired) electrons. The second-order valence-electron chi connectivity index (χ2n) is 6.35. The second-order valence-corrected chi connectivity index (χ2v) is 8.05. The first-order chi connectivity index (χ1) is 12.5. The summed E-state index contributed by atoms with van der Waals surface area (Å²) in [5, 5.41) is 3.23. The molecule has 27 heavy (non-hydrogen) atoms. The van der Waals surface area contributed by atoms with Crippen molar-refractivity contribution in [3.8, 4) is 0 Å². The minimum Gasteiger partial charge on any atom is -0.317 e. The standard InChI is InChI=1S/C19H24FN3O2S.ClH/c1-3-21-12-6-7-13-22-18-8-4-5-9-19(18)23(26(22,24)25)17-11-10-15(2)14-16(17)20;/h4-5,8-11,14,21H,3,6-7,12-13H2,1-2H3;1H. The van der Waals surface area contributed by atoms with E-state index in [-0.39, 0.29) is 18.1 Å². The molecule has 2 aromatic rings. The highest BCUT2D eigenvalue weighted by Crippen LogP contribution is 2.45. The molecule has 8 heteroatoms. The Morgan fingerprint density at radius 3 is 2.41 bits per heavy atom. The fourth-order valence-electron chi connectivity index (χ4n) is 3.14. The van der Waals surface area contributed by atoms with E-state index in [9.17, 15) is 12.8 Å². The Morgan fingerprint density at radius 1 is 1.04 bits per heavy atom. The summed E-state index contributed by atoms with van der Waals surface area (Å²) in [6, 6.07) is 11.6. The summed E-state index contributed by atoms with van der Waals surface area (Å²) in [6.45, 7) is 5.92. The molecule has 1 N–H and O–H groups in total. The largest absolute Gasteiger partial charge is 0.331 e. The van der Waals surface area contributed by atoms with E-state index in [1.54, 1.807) is 37.3 Å². The molecule has 0 atom stereocenters. The number of hydrogen-bond acceptors (Lipinski definition) is 3. The Labute approximate surface area is 166 Å². The van der Waals surface area contributed by atoms with E-state index in [0.717, 1.165) is 35.8 Å². The number of nitrogens with one attached hydrogen (secondary N) is 1. The normalized spacial score (nSPS) is 14.8. The van der Waals surface area contributed by atoms with Gasteiger partial charge in [-0.05, 0) is 62.7 Å². The maximum absolute atomic E-state index is 14.5. The van der Waals surface area contributed by atoms with E-state index in [0.29, 0.717) is 17.9 Å². The van der Waals surface area contributed by atoms with Crippen molar-refractivity contribution in [3.05, 3.63) is 53.8 Å². The lowest BCUT2D eigenvalue weighted by Crippen LogP contribution is -2.36. The van der Waals surface area contributed by atoms with Crippen LogP contribution >= 0.6 is 12.4 Å². The minimum atomic E-state index is -3.86. The molecule has 0 aromatic heterocycles. The van der Waals surface area contributed by atoms with Gasteiger partial charge in [-0.1, -0.05) is 25.1 Å². The first kappa shape index (κ1) is 21.5. The Bertz CT molecular complexity index is 892. The maximum Gasteiger partial charge on any atom is 0.331 e. The van der Waals surface area contributed by atoms with Crippen LogP contribution in [0.4, 0.5) is 21.5 Å². The van der Waals surface area contributed by atoms with Crippen molar-refractivity contribution in [1.29, 1.82) is 0 Å². The molecule has 0 bridgehead atoms. The molecule has 148 valence electrons. The van der Waals surface area contributed by atoms with Crippen LogP contribution in [0, 0.1) is 12.7 Å². The molecule has 0 unspecified atom stereocenters. The molecule has 0 saturated carbocycles. The summed E-state index contributed by atoms with van der Waals surface area (Å²) in [5.74, 6) is -0.544. The Kier molecular flexibility index (Phi) is 7.08. The number of unbranched alkanes of at least 4 members (excludes halogenated alkanes) is 1. The van der Waals surface area contributed by atoms with Crippen LogP contribution in [0.2, 0.25) is 0 Å². The van der Waals surface area contributed by atoms with Crippen LogP contribution < -0.4 is 13.9 Å². The summed E-state index contributed by atoms with van der Waals surface area (Å²) in [6.07, 6.45) is 1.60. The predicted molar refractivity (Wildman–Crippen MR) is 111 cm³/mol. The van der Waals surface area contributed by atoms with Gasteiger partial charge in [-0.25, -0.2) is 8.70 Å². The molecule has 0 amide bonds. The Hall–Kier alpha value is -1.83. The molecule has 1 heterocycles. The smallest absolute Gasteiger partial charge is 0.317 e. The molecular formula is C19H25ClFN3O2S. The number of hydrogen-bond donors (Lipinski definition) is 1. The van der Waals surface area contributed by atoms with Crippen molar-refractivity contribution in [2.24, 2.45) is 0 Å². The lowest BCUT2D eigenvalue weighted by Gasteiger charge is -2.22. The van der Waals surface area contributed by atoms with Gasteiger partial charge in [-0.3, -0.25) is 4.31 Å². The Balaban J connectivity index is 0.00000261. The fraction of sp³-hybridized carbons (Fsp3) is 0.368. The number of fused-ring (bicyclic) bond motifs is 1. The molecule has 1 aliphatic heterocycles. The Morgan fingerprint density at radius 2 is 1.74 bits per heavy atom. The van der Waals surface area contributed by atoms with Gasteiger partial charge in [-0.15, -0.1) is 12.4 Å². The van der Waals surface area contributed by atoms with E-state index >= 15 is 0 Å². The van der Waals surface area contributed by atoms with Crippen LogP contribution in [0.25, 0.3) is 0 Å². The van der Waals surface area contributed by atoms with Gasteiger partial charge < -0.3 is 5.32 Å². The zero-order valence-electron chi connectivity index (χ0n) is 15.5. The molecule has 0 saturated heterocycles. The molecular weight excluding hydrogens is 389 g/mol. The second kappa shape index (κ2) is 8.91. The van der Waals surface area contributed by atoms with Gasteiger partial charge in [-0.2, -0.15) is 8.42 Å². The molecule has 0 aliphatic carbocycles. The van der Waals surface area contributed by atoms with Crippen molar-refractivity contribution < 1.29 is 12.8 Å². The SMILES string of the molecule is CCNCCCCN1c2ccccc2N(c2ccc(C)cc2F)S1(=O)=O.Cl. The van der Waals surface area contributed by atoms with Gasteiger partial charge in [0.05, 0.1) is 17.1 Å². The van der Waals surface area contributed by atoms with Crippen LogP contribution in [0.15, 0.2) is 42.5 Å². The van der Waals surface area contributed by atoms with E-state index in [2.05, 4.69) is 5.32 Å². The number of aryl methyl sites for hydroxylation is 1. The van der Waals surface area contributed by atoms with Crippen molar-refractivity contribution in [3.63, 3.8) is 0 Å². The summed E-state index contributed by atoms with van der Waals surface area (Å²) >= 11 is 0. The van der Waals surface area contributed by atoms with Crippen molar-refractivity contribution in [2.75, 3.05) is 28.2 Å². The van der Waals surface area contributed by atoms with Crippen molar-refractivity contribution >= 4 is 39.7 Å². The third-order valence-corrected chi connectivity index (χ3v) is 6.21. The number of rotatable bonds is 7. The average molecular weight is 414 g/mol. The fourth-order valence-corrected chi connectivity index (χ4v) is 4.90. The highest BCUT2D eigenvalue weighted by atomic mass is 35.5. The van der Waals surface area contributed by atoms with E-state index in [1.807, 2.05) is 6.92 Å².